The number of benzene rings is 2. The van der Waals surface area contributed by atoms with Gasteiger partial charge in [-0.25, -0.2) is 0 Å². The van der Waals surface area contributed by atoms with E-state index in [-0.39, 0.29) is 11.5 Å². The lowest BCUT2D eigenvalue weighted by molar-refractivity contribution is 0.102. The molecular formula is C23H23N3O3. The van der Waals surface area contributed by atoms with Crippen molar-refractivity contribution >= 4 is 17.3 Å². The number of anilines is 2. The van der Waals surface area contributed by atoms with Crippen molar-refractivity contribution < 1.29 is 9.53 Å². The third kappa shape index (κ3) is 4.55. The number of morpholine rings is 1. The van der Waals surface area contributed by atoms with Crippen molar-refractivity contribution in [1.29, 1.82) is 0 Å². The van der Waals surface area contributed by atoms with Gasteiger partial charge in [-0.05, 0) is 23.8 Å². The summed E-state index contributed by atoms with van der Waals surface area (Å²) in [7, 11) is 0. The first-order chi connectivity index (χ1) is 14.2. The fourth-order valence-corrected chi connectivity index (χ4v) is 3.42. The first kappa shape index (κ1) is 19.0. The number of pyridine rings is 1. The Morgan fingerprint density at radius 3 is 2.45 bits per heavy atom. The molecule has 6 heteroatoms. The number of ether oxygens (including phenoxy) is 1. The summed E-state index contributed by atoms with van der Waals surface area (Å²) < 4.78 is 6.98. The van der Waals surface area contributed by atoms with E-state index < -0.39 is 0 Å². The maximum absolute atomic E-state index is 12.9. The number of nitrogens with zero attached hydrogens (tertiary/aromatic N) is 2. The molecule has 2 aromatic carbocycles. The molecule has 0 bridgehead atoms. The molecule has 0 saturated carbocycles. The summed E-state index contributed by atoms with van der Waals surface area (Å²) in [5.74, 6) is -0.243. The molecule has 0 spiro atoms. The number of nitrogens with one attached hydrogen (secondary N) is 1. The Morgan fingerprint density at radius 2 is 1.66 bits per heavy atom. The summed E-state index contributed by atoms with van der Waals surface area (Å²) in [6, 6.07) is 20.5. The van der Waals surface area contributed by atoms with Crippen LogP contribution in [0.25, 0.3) is 0 Å². The van der Waals surface area contributed by atoms with Crippen molar-refractivity contribution in [1.82, 2.24) is 4.57 Å². The first-order valence-electron chi connectivity index (χ1n) is 9.68. The number of amides is 1. The van der Waals surface area contributed by atoms with E-state index in [1.807, 2.05) is 54.6 Å². The van der Waals surface area contributed by atoms with Gasteiger partial charge in [0.25, 0.3) is 11.5 Å². The summed E-state index contributed by atoms with van der Waals surface area (Å²) in [4.78, 5) is 27.3. The molecule has 6 nitrogen and oxygen atoms in total. The SMILES string of the molecule is O=C(Nc1ccccc1N1CCOCC1)c1ccc(=O)n(Cc2ccccc2)c1. The molecule has 1 fully saturated rings. The molecule has 148 valence electrons. The van der Waals surface area contributed by atoms with Gasteiger partial charge >= 0.3 is 0 Å². The Hall–Kier alpha value is -3.38. The molecule has 1 saturated heterocycles. The summed E-state index contributed by atoms with van der Waals surface area (Å²) in [5.41, 5.74) is 3.03. The average Bonchev–Trinajstić information content (AvgIpc) is 2.77. The quantitative estimate of drug-likeness (QED) is 0.729. The number of hydrogen-bond donors (Lipinski definition) is 1. The van der Waals surface area contributed by atoms with E-state index in [9.17, 15) is 9.59 Å². The summed E-state index contributed by atoms with van der Waals surface area (Å²) >= 11 is 0. The molecule has 3 aromatic rings. The molecule has 1 aromatic heterocycles. The van der Waals surface area contributed by atoms with E-state index in [0.717, 1.165) is 30.0 Å². The number of carbonyl (C=O) groups is 1. The maximum Gasteiger partial charge on any atom is 0.257 e. The van der Waals surface area contributed by atoms with Gasteiger partial charge in [0.15, 0.2) is 0 Å². The van der Waals surface area contributed by atoms with Crippen molar-refractivity contribution in [3.63, 3.8) is 0 Å². The van der Waals surface area contributed by atoms with Gasteiger partial charge in [0.1, 0.15) is 0 Å². The van der Waals surface area contributed by atoms with Gasteiger partial charge in [-0.3, -0.25) is 9.59 Å². The lowest BCUT2D eigenvalue weighted by Gasteiger charge is -2.30. The van der Waals surface area contributed by atoms with Crippen LogP contribution in [-0.2, 0) is 11.3 Å². The third-order valence-electron chi connectivity index (χ3n) is 4.95. The van der Waals surface area contributed by atoms with Gasteiger partial charge in [-0.1, -0.05) is 42.5 Å². The van der Waals surface area contributed by atoms with E-state index in [4.69, 9.17) is 4.74 Å². The van der Waals surface area contributed by atoms with Gasteiger partial charge in [0.05, 0.1) is 36.7 Å². The summed E-state index contributed by atoms with van der Waals surface area (Å²) in [6.07, 6.45) is 1.61. The van der Waals surface area contributed by atoms with Gasteiger partial charge in [0.2, 0.25) is 0 Å². The molecular weight excluding hydrogens is 366 g/mol. The lowest BCUT2D eigenvalue weighted by atomic mass is 10.2. The average molecular weight is 389 g/mol. The number of rotatable bonds is 5. The third-order valence-corrected chi connectivity index (χ3v) is 4.95. The molecule has 0 unspecified atom stereocenters. The van der Waals surface area contributed by atoms with Gasteiger partial charge in [0, 0.05) is 25.4 Å². The number of aromatic nitrogens is 1. The minimum Gasteiger partial charge on any atom is -0.378 e. The van der Waals surface area contributed by atoms with E-state index in [1.54, 1.807) is 16.8 Å². The van der Waals surface area contributed by atoms with Gasteiger partial charge in [-0.15, -0.1) is 0 Å². The van der Waals surface area contributed by atoms with Crippen LogP contribution in [0.3, 0.4) is 0 Å². The fourth-order valence-electron chi connectivity index (χ4n) is 3.42. The topological polar surface area (TPSA) is 63.6 Å². The number of para-hydroxylation sites is 2. The summed E-state index contributed by atoms with van der Waals surface area (Å²) in [6.45, 7) is 3.34. The second-order valence-electron chi connectivity index (χ2n) is 6.94. The van der Waals surface area contributed by atoms with Gasteiger partial charge in [-0.2, -0.15) is 0 Å². The number of hydrogen-bond acceptors (Lipinski definition) is 4. The maximum atomic E-state index is 12.9. The minimum atomic E-state index is -0.243. The zero-order chi connectivity index (χ0) is 20.1. The molecule has 1 N–H and O–H groups in total. The highest BCUT2D eigenvalue weighted by Gasteiger charge is 2.16. The number of carbonyl (C=O) groups excluding carboxylic acids is 1. The second kappa shape index (κ2) is 8.75. The zero-order valence-electron chi connectivity index (χ0n) is 16.1. The van der Waals surface area contributed by atoms with Crippen LogP contribution in [0.15, 0.2) is 77.7 Å². The van der Waals surface area contributed by atoms with Crippen LogP contribution in [0, 0.1) is 0 Å². The van der Waals surface area contributed by atoms with Crippen LogP contribution < -0.4 is 15.8 Å². The Balaban J connectivity index is 1.55. The molecule has 0 radical (unpaired) electrons. The summed E-state index contributed by atoms with van der Waals surface area (Å²) in [5, 5.41) is 3.00. The predicted octanol–water partition coefficient (Wildman–Crippen LogP) is 2.99. The molecule has 0 atom stereocenters. The smallest absolute Gasteiger partial charge is 0.257 e. The largest absolute Gasteiger partial charge is 0.378 e. The van der Waals surface area contributed by atoms with Crippen LogP contribution in [0.2, 0.25) is 0 Å². The normalized spacial score (nSPS) is 13.9. The zero-order valence-corrected chi connectivity index (χ0v) is 16.1. The second-order valence-corrected chi connectivity index (χ2v) is 6.94. The van der Waals surface area contributed by atoms with Crippen LogP contribution >= 0.6 is 0 Å². The highest BCUT2D eigenvalue weighted by Crippen LogP contribution is 2.26. The van der Waals surface area contributed by atoms with E-state index in [2.05, 4.69) is 10.2 Å². The monoisotopic (exact) mass is 389 g/mol. The van der Waals surface area contributed by atoms with Crippen molar-refractivity contribution in [2.75, 3.05) is 36.5 Å². The highest BCUT2D eigenvalue weighted by molar-refractivity contribution is 6.05. The predicted molar refractivity (Wildman–Crippen MR) is 114 cm³/mol. The van der Waals surface area contributed by atoms with Crippen LogP contribution in [0.4, 0.5) is 11.4 Å². The Bertz CT molecular complexity index is 1040. The van der Waals surface area contributed by atoms with Crippen LogP contribution in [0.1, 0.15) is 15.9 Å². The van der Waals surface area contributed by atoms with Crippen LogP contribution in [-0.4, -0.2) is 36.8 Å². The molecule has 29 heavy (non-hydrogen) atoms. The van der Waals surface area contributed by atoms with E-state index >= 15 is 0 Å². The van der Waals surface area contributed by atoms with Crippen molar-refractivity contribution in [2.24, 2.45) is 0 Å². The molecule has 2 heterocycles. The fraction of sp³-hybridized carbons (Fsp3) is 0.217. The van der Waals surface area contributed by atoms with Crippen LogP contribution in [0.5, 0.6) is 0 Å². The lowest BCUT2D eigenvalue weighted by Crippen LogP contribution is -2.36. The standard InChI is InChI=1S/C23H23N3O3/c27-22-11-10-19(17-26(22)16-18-6-2-1-3-7-18)23(28)24-20-8-4-5-9-21(20)25-12-14-29-15-13-25/h1-11,17H,12-16H2,(H,24,28). The molecule has 0 aliphatic carbocycles. The Labute approximate surface area is 169 Å². The molecule has 1 amide bonds. The van der Waals surface area contributed by atoms with Crippen molar-refractivity contribution in [3.8, 4) is 0 Å². The Kier molecular flexibility index (Phi) is 5.72. The Morgan fingerprint density at radius 1 is 0.931 bits per heavy atom. The van der Waals surface area contributed by atoms with Crippen molar-refractivity contribution in [2.45, 2.75) is 6.54 Å². The molecule has 1 aliphatic rings. The highest BCUT2D eigenvalue weighted by atomic mass is 16.5. The van der Waals surface area contributed by atoms with E-state index in [0.29, 0.717) is 25.3 Å². The van der Waals surface area contributed by atoms with E-state index in [1.165, 1.54) is 6.07 Å². The molecule has 4 rings (SSSR count). The van der Waals surface area contributed by atoms with Crippen molar-refractivity contribution in [3.05, 3.63) is 94.4 Å². The molecule has 1 aliphatic heterocycles. The first-order valence-corrected chi connectivity index (χ1v) is 9.68. The van der Waals surface area contributed by atoms with Gasteiger partial charge < -0.3 is 19.5 Å². The minimum absolute atomic E-state index is 0.140.